The van der Waals surface area contributed by atoms with Crippen molar-refractivity contribution in [2.75, 3.05) is 13.1 Å². The third-order valence-corrected chi connectivity index (χ3v) is 4.81. The predicted molar refractivity (Wildman–Crippen MR) is 99.6 cm³/mol. The van der Waals surface area contributed by atoms with E-state index in [1.54, 1.807) is 42.2 Å². The van der Waals surface area contributed by atoms with Gasteiger partial charge in [0.15, 0.2) is 5.82 Å². The van der Waals surface area contributed by atoms with Crippen molar-refractivity contribution in [3.8, 4) is 11.5 Å². The van der Waals surface area contributed by atoms with Gasteiger partial charge in [-0.15, -0.1) is 0 Å². The lowest BCUT2D eigenvalue weighted by atomic mass is 10.0. The molecule has 1 saturated heterocycles. The van der Waals surface area contributed by atoms with E-state index in [0.717, 1.165) is 5.56 Å². The number of hydrogen-bond acceptors (Lipinski definition) is 6. The minimum atomic E-state index is -0.132. The number of amides is 2. The van der Waals surface area contributed by atoms with Gasteiger partial charge >= 0.3 is 0 Å². The van der Waals surface area contributed by atoms with Gasteiger partial charge in [-0.1, -0.05) is 5.16 Å². The molecule has 8 heteroatoms. The molecule has 1 aliphatic heterocycles. The molecule has 2 aromatic heterocycles. The van der Waals surface area contributed by atoms with E-state index >= 15 is 0 Å². The average Bonchev–Trinajstić information content (AvgIpc) is 3.40. The van der Waals surface area contributed by atoms with Crippen molar-refractivity contribution in [2.45, 2.75) is 25.8 Å². The van der Waals surface area contributed by atoms with Crippen LogP contribution in [0.25, 0.3) is 11.5 Å². The molecule has 1 aromatic carbocycles. The molecule has 3 aromatic rings. The Balaban J connectivity index is 1.31. The number of hydrogen-bond donors (Lipinski definition) is 1. The van der Waals surface area contributed by atoms with Gasteiger partial charge in [0, 0.05) is 30.3 Å². The van der Waals surface area contributed by atoms with Crippen molar-refractivity contribution in [1.82, 2.24) is 20.4 Å². The molecule has 1 N–H and O–H groups in total. The second-order valence-electron chi connectivity index (χ2n) is 6.78. The van der Waals surface area contributed by atoms with Crippen LogP contribution >= 0.6 is 0 Å². The van der Waals surface area contributed by atoms with Crippen LogP contribution in [-0.2, 0) is 0 Å². The molecule has 0 atom stereocenters. The highest BCUT2D eigenvalue weighted by Crippen LogP contribution is 2.19. The van der Waals surface area contributed by atoms with Gasteiger partial charge in [0.05, 0.1) is 11.8 Å². The van der Waals surface area contributed by atoms with Gasteiger partial charge in [-0.25, -0.2) is 0 Å². The van der Waals surface area contributed by atoms with Crippen molar-refractivity contribution < 1.29 is 18.5 Å². The maximum Gasteiger partial charge on any atom is 0.257 e. The van der Waals surface area contributed by atoms with E-state index in [1.807, 2.05) is 0 Å². The van der Waals surface area contributed by atoms with E-state index in [9.17, 15) is 9.59 Å². The fourth-order valence-electron chi connectivity index (χ4n) is 3.24. The van der Waals surface area contributed by atoms with E-state index in [1.165, 1.54) is 12.5 Å². The molecule has 0 unspecified atom stereocenters. The number of carbonyl (C=O) groups is 2. The standard InChI is InChI=1S/C20H20N4O4/c1-13-21-19(28-23-13)15-4-2-14(3-5-15)18(25)22-17-6-9-24(10-7-17)20(26)16-8-11-27-12-16/h2-5,8,11-12,17H,6-7,9-10H2,1H3,(H,22,25). The Morgan fingerprint density at radius 3 is 2.46 bits per heavy atom. The molecular weight excluding hydrogens is 360 g/mol. The summed E-state index contributed by atoms with van der Waals surface area (Å²) in [5.41, 5.74) is 1.89. The topological polar surface area (TPSA) is 101 Å². The molecule has 0 radical (unpaired) electrons. The number of likely N-dealkylation sites (tertiary alicyclic amines) is 1. The van der Waals surface area contributed by atoms with Gasteiger partial charge in [-0.05, 0) is 50.1 Å². The number of nitrogens with one attached hydrogen (secondary N) is 1. The van der Waals surface area contributed by atoms with Crippen molar-refractivity contribution in [1.29, 1.82) is 0 Å². The van der Waals surface area contributed by atoms with Crippen LogP contribution in [0.5, 0.6) is 0 Å². The molecule has 0 saturated carbocycles. The summed E-state index contributed by atoms with van der Waals surface area (Å²) >= 11 is 0. The summed E-state index contributed by atoms with van der Waals surface area (Å²) in [6.45, 7) is 2.96. The lowest BCUT2D eigenvalue weighted by molar-refractivity contribution is 0.0697. The Bertz CT molecular complexity index is 955. The second-order valence-corrected chi connectivity index (χ2v) is 6.78. The molecule has 8 nitrogen and oxygen atoms in total. The fourth-order valence-corrected chi connectivity index (χ4v) is 3.24. The minimum Gasteiger partial charge on any atom is -0.472 e. The van der Waals surface area contributed by atoms with Crippen molar-refractivity contribution in [3.05, 3.63) is 59.8 Å². The van der Waals surface area contributed by atoms with Crippen molar-refractivity contribution in [2.24, 2.45) is 0 Å². The summed E-state index contributed by atoms with van der Waals surface area (Å²) < 4.78 is 10.1. The molecular formula is C20H20N4O4. The largest absolute Gasteiger partial charge is 0.472 e. The monoisotopic (exact) mass is 380 g/mol. The first kappa shape index (κ1) is 18.0. The maximum absolute atomic E-state index is 12.5. The minimum absolute atomic E-state index is 0.0367. The normalized spacial score (nSPS) is 14.8. The Kier molecular flexibility index (Phi) is 4.92. The van der Waals surface area contributed by atoms with Crippen LogP contribution in [0.1, 0.15) is 39.4 Å². The van der Waals surface area contributed by atoms with Crippen molar-refractivity contribution >= 4 is 11.8 Å². The molecule has 2 amide bonds. The highest BCUT2D eigenvalue weighted by molar-refractivity contribution is 5.95. The van der Waals surface area contributed by atoms with Crippen LogP contribution in [0, 0.1) is 6.92 Å². The number of carbonyl (C=O) groups excluding carboxylic acids is 2. The molecule has 0 spiro atoms. The van der Waals surface area contributed by atoms with Crippen LogP contribution in [0.3, 0.4) is 0 Å². The Hall–Kier alpha value is -3.42. The molecule has 0 bridgehead atoms. The number of aromatic nitrogens is 2. The number of furan rings is 1. The maximum atomic E-state index is 12.5. The van der Waals surface area contributed by atoms with E-state index in [-0.39, 0.29) is 17.9 Å². The first-order chi connectivity index (χ1) is 13.6. The highest BCUT2D eigenvalue weighted by atomic mass is 16.5. The molecule has 1 fully saturated rings. The lowest BCUT2D eigenvalue weighted by Gasteiger charge is -2.32. The summed E-state index contributed by atoms with van der Waals surface area (Å²) in [6, 6.07) is 8.75. The number of aryl methyl sites for hydroxylation is 1. The Labute approximate surface area is 161 Å². The Morgan fingerprint density at radius 1 is 1.11 bits per heavy atom. The molecule has 28 heavy (non-hydrogen) atoms. The van der Waals surface area contributed by atoms with Crippen molar-refractivity contribution in [3.63, 3.8) is 0 Å². The van der Waals surface area contributed by atoms with Crippen LogP contribution < -0.4 is 5.32 Å². The highest BCUT2D eigenvalue weighted by Gasteiger charge is 2.25. The van der Waals surface area contributed by atoms with Gasteiger partial charge in [0.25, 0.3) is 17.7 Å². The third kappa shape index (κ3) is 3.80. The lowest BCUT2D eigenvalue weighted by Crippen LogP contribution is -2.46. The van der Waals surface area contributed by atoms with Crippen LogP contribution in [0.15, 0.2) is 51.8 Å². The van der Waals surface area contributed by atoms with E-state index in [0.29, 0.717) is 48.8 Å². The predicted octanol–water partition coefficient (Wildman–Crippen LogP) is 2.67. The first-order valence-corrected chi connectivity index (χ1v) is 9.13. The Morgan fingerprint density at radius 2 is 1.86 bits per heavy atom. The number of piperidine rings is 1. The third-order valence-electron chi connectivity index (χ3n) is 4.81. The molecule has 144 valence electrons. The number of rotatable bonds is 4. The molecule has 0 aliphatic carbocycles. The van der Waals surface area contributed by atoms with Gasteiger partial charge in [0.2, 0.25) is 0 Å². The zero-order valence-corrected chi connectivity index (χ0v) is 15.4. The summed E-state index contributed by atoms with van der Waals surface area (Å²) in [6.07, 6.45) is 4.38. The van der Waals surface area contributed by atoms with E-state index < -0.39 is 0 Å². The summed E-state index contributed by atoms with van der Waals surface area (Å²) in [4.78, 5) is 30.8. The van der Waals surface area contributed by atoms with Gasteiger partial charge in [-0.3, -0.25) is 9.59 Å². The summed E-state index contributed by atoms with van der Waals surface area (Å²) in [5.74, 6) is 0.826. The second kappa shape index (κ2) is 7.67. The van der Waals surface area contributed by atoms with Crippen LogP contribution in [0.4, 0.5) is 0 Å². The zero-order chi connectivity index (χ0) is 19.5. The SMILES string of the molecule is Cc1noc(-c2ccc(C(=O)NC3CCN(C(=O)c4ccoc4)CC3)cc2)n1. The quantitative estimate of drug-likeness (QED) is 0.747. The first-order valence-electron chi connectivity index (χ1n) is 9.13. The van der Waals surface area contributed by atoms with E-state index in [2.05, 4.69) is 15.5 Å². The number of benzene rings is 1. The smallest absolute Gasteiger partial charge is 0.257 e. The van der Waals surface area contributed by atoms with Gasteiger partial charge in [-0.2, -0.15) is 4.98 Å². The summed E-state index contributed by atoms with van der Waals surface area (Å²) in [5, 5.41) is 6.81. The number of nitrogens with zero attached hydrogens (tertiary/aromatic N) is 3. The molecule has 4 rings (SSSR count). The molecule has 3 heterocycles. The average molecular weight is 380 g/mol. The fraction of sp³-hybridized carbons (Fsp3) is 0.300. The van der Waals surface area contributed by atoms with Crippen LogP contribution in [0.2, 0.25) is 0 Å². The van der Waals surface area contributed by atoms with Crippen LogP contribution in [-0.4, -0.2) is 46.0 Å². The molecule has 1 aliphatic rings. The van der Waals surface area contributed by atoms with Gasteiger partial charge < -0.3 is 19.2 Å². The van der Waals surface area contributed by atoms with E-state index in [4.69, 9.17) is 8.94 Å². The summed E-state index contributed by atoms with van der Waals surface area (Å²) in [7, 11) is 0. The van der Waals surface area contributed by atoms with Gasteiger partial charge in [0.1, 0.15) is 6.26 Å². The zero-order valence-electron chi connectivity index (χ0n) is 15.4.